The first-order valence-corrected chi connectivity index (χ1v) is 7.06. The lowest BCUT2D eigenvalue weighted by molar-refractivity contribution is 0.0884. The first-order chi connectivity index (χ1) is 8.90. The second-order valence-electron chi connectivity index (χ2n) is 6.16. The zero-order chi connectivity index (χ0) is 14.0. The molecule has 4 heteroatoms. The van der Waals surface area contributed by atoms with Crippen molar-refractivity contribution in [1.82, 2.24) is 4.98 Å². The van der Waals surface area contributed by atoms with Crippen LogP contribution in [0.5, 0.6) is 0 Å². The molecule has 0 fully saturated rings. The van der Waals surface area contributed by atoms with Crippen LogP contribution in [0.25, 0.3) is 0 Å². The fourth-order valence-electron chi connectivity index (χ4n) is 2.81. The summed E-state index contributed by atoms with van der Waals surface area (Å²) in [6.45, 7) is 4.66. The number of hydrogen-bond acceptors (Lipinski definition) is 4. The highest BCUT2D eigenvalue weighted by atomic mass is 16.3. The van der Waals surface area contributed by atoms with Crippen molar-refractivity contribution < 1.29 is 5.11 Å². The van der Waals surface area contributed by atoms with Gasteiger partial charge in [0.2, 0.25) is 0 Å². The van der Waals surface area contributed by atoms with Crippen molar-refractivity contribution in [3.63, 3.8) is 0 Å². The van der Waals surface area contributed by atoms with Crippen molar-refractivity contribution in [1.29, 1.82) is 0 Å². The summed E-state index contributed by atoms with van der Waals surface area (Å²) in [7, 11) is 1.97. The van der Waals surface area contributed by atoms with Crippen molar-refractivity contribution in [2.24, 2.45) is 5.73 Å². The molecule has 0 unspecified atom stereocenters. The van der Waals surface area contributed by atoms with Crippen LogP contribution in [0, 0.1) is 0 Å². The number of pyridine rings is 1. The molecule has 1 aromatic heterocycles. The summed E-state index contributed by atoms with van der Waals surface area (Å²) in [6, 6.07) is 2.21. The third kappa shape index (κ3) is 3.45. The number of aliphatic hydroxyl groups is 1. The largest absolute Gasteiger partial charge is 0.389 e. The molecule has 1 heterocycles. The fourth-order valence-corrected chi connectivity index (χ4v) is 2.81. The second kappa shape index (κ2) is 5.47. The van der Waals surface area contributed by atoms with E-state index in [0.717, 1.165) is 24.2 Å². The molecule has 0 saturated heterocycles. The standard InChI is InChI=1S/C15H25N3O/c1-15(2,19)10-18(3)14-12(9-16)8-11-6-4-5-7-13(11)17-14/h8,19H,4-7,9-10,16H2,1-3H3. The minimum Gasteiger partial charge on any atom is -0.389 e. The Morgan fingerprint density at radius 2 is 2.05 bits per heavy atom. The Morgan fingerprint density at radius 3 is 2.68 bits per heavy atom. The number of anilines is 1. The van der Waals surface area contributed by atoms with Crippen LogP contribution in [0.15, 0.2) is 6.07 Å². The van der Waals surface area contributed by atoms with Crippen molar-refractivity contribution in [2.75, 3.05) is 18.5 Å². The smallest absolute Gasteiger partial charge is 0.133 e. The normalized spacial score (nSPS) is 15.2. The molecule has 1 aromatic rings. The minimum atomic E-state index is -0.738. The van der Waals surface area contributed by atoms with Gasteiger partial charge in [-0.25, -0.2) is 4.98 Å². The highest BCUT2D eigenvalue weighted by molar-refractivity contribution is 5.50. The van der Waals surface area contributed by atoms with Crippen LogP contribution in [0.1, 0.15) is 43.5 Å². The van der Waals surface area contributed by atoms with Gasteiger partial charge in [0, 0.05) is 31.4 Å². The van der Waals surface area contributed by atoms with Gasteiger partial charge in [-0.15, -0.1) is 0 Å². The summed E-state index contributed by atoms with van der Waals surface area (Å²) in [5.74, 6) is 0.922. The molecule has 19 heavy (non-hydrogen) atoms. The molecular formula is C15H25N3O. The van der Waals surface area contributed by atoms with E-state index < -0.39 is 5.60 Å². The van der Waals surface area contributed by atoms with E-state index in [1.165, 1.54) is 24.1 Å². The number of hydrogen-bond donors (Lipinski definition) is 2. The van der Waals surface area contributed by atoms with Crippen molar-refractivity contribution in [3.8, 4) is 0 Å². The first-order valence-electron chi connectivity index (χ1n) is 7.06. The first kappa shape index (κ1) is 14.3. The van der Waals surface area contributed by atoms with Gasteiger partial charge < -0.3 is 15.7 Å². The van der Waals surface area contributed by atoms with Crippen LogP contribution in [0.3, 0.4) is 0 Å². The Labute approximate surface area is 115 Å². The molecule has 1 aliphatic carbocycles. The summed E-state index contributed by atoms with van der Waals surface area (Å²) in [4.78, 5) is 6.81. The Balaban J connectivity index is 2.33. The predicted molar refractivity (Wildman–Crippen MR) is 78.3 cm³/mol. The number of rotatable bonds is 4. The maximum absolute atomic E-state index is 9.95. The third-order valence-electron chi connectivity index (χ3n) is 3.56. The Kier molecular flexibility index (Phi) is 4.11. The zero-order valence-corrected chi connectivity index (χ0v) is 12.2. The summed E-state index contributed by atoms with van der Waals surface area (Å²) in [5.41, 5.74) is 8.76. The lowest BCUT2D eigenvalue weighted by atomic mass is 9.94. The zero-order valence-electron chi connectivity index (χ0n) is 12.2. The highest BCUT2D eigenvalue weighted by Crippen LogP contribution is 2.26. The number of aromatic nitrogens is 1. The molecule has 0 spiro atoms. The van der Waals surface area contributed by atoms with E-state index in [-0.39, 0.29) is 0 Å². The van der Waals surface area contributed by atoms with Crippen LogP contribution in [0.2, 0.25) is 0 Å². The van der Waals surface area contributed by atoms with Crippen LogP contribution in [-0.2, 0) is 19.4 Å². The molecule has 0 bridgehead atoms. The molecule has 0 radical (unpaired) electrons. The van der Waals surface area contributed by atoms with E-state index in [4.69, 9.17) is 10.7 Å². The number of fused-ring (bicyclic) bond motifs is 1. The van der Waals surface area contributed by atoms with E-state index in [1.54, 1.807) is 0 Å². The molecule has 0 saturated carbocycles. The van der Waals surface area contributed by atoms with Gasteiger partial charge in [0.05, 0.1) is 5.60 Å². The molecule has 1 aliphatic rings. The van der Waals surface area contributed by atoms with E-state index in [0.29, 0.717) is 13.1 Å². The van der Waals surface area contributed by atoms with Crippen molar-refractivity contribution in [2.45, 2.75) is 51.7 Å². The summed E-state index contributed by atoms with van der Waals surface area (Å²) in [6.07, 6.45) is 4.64. The Hall–Kier alpha value is -1.13. The number of nitrogens with zero attached hydrogens (tertiary/aromatic N) is 2. The molecule has 3 N–H and O–H groups in total. The van der Waals surface area contributed by atoms with E-state index >= 15 is 0 Å². The summed E-state index contributed by atoms with van der Waals surface area (Å²) < 4.78 is 0. The number of likely N-dealkylation sites (N-methyl/N-ethyl adjacent to an activating group) is 1. The molecule has 0 amide bonds. The fraction of sp³-hybridized carbons (Fsp3) is 0.667. The van der Waals surface area contributed by atoms with Gasteiger partial charge in [-0.2, -0.15) is 0 Å². The topological polar surface area (TPSA) is 62.4 Å². The average molecular weight is 263 g/mol. The van der Waals surface area contributed by atoms with Gasteiger partial charge in [-0.3, -0.25) is 0 Å². The van der Waals surface area contributed by atoms with Gasteiger partial charge in [-0.1, -0.05) is 0 Å². The summed E-state index contributed by atoms with van der Waals surface area (Å²) >= 11 is 0. The summed E-state index contributed by atoms with van der Waals surface area (Å²) in [5, 5.41) is 9.95. The van der Waals surface area contributed by atoms with Gasteiger partial charge in [-0.05, 0) is 51.2 Å². The Bertz CT molecular complexity index is 451. The molecule has 0 aromatic carbocycles. The number of nitrogens with two attached hydrogens (primary N) is 1. The Morgan fingerprint density at radius 1 is 1.37 bits per heavy atom. The van der Waals surface area contributed by atoms with Crippen LogP contribution >= 0.6 is 0 Å². The molecular weight excluding hydrogens is 238 g/mol. The van der Waals surface area contributed by atoms with Gasteiger partial charge in [0.25, 0.3) is 0 Å². The third-order valence-corrected chi connectivity index (χ3v) is 3.56. The van der Waals surface area contributed by atoms with Crippen LogP contribution in [0.4, 0.5) is 5.82 Å². The quantitative estimate of drug-likeness (QED) is 0.866. The van der Waals surface area contributed by atoms with Gasteiger partial charge >= 0.3 is 0 Å². The van der Waals surface area contributed by atoms with Crippen LogP contribution < -0.4 is 10.6 Å². The van der Waals surface area contributed by atoms with Gasteiger partial charge in [0.1, 0.15) is 5.82 Å². The molecule has 0 aliphatic heterocycles. The SMILES string of the molecule is CN(CC(C)(C)O)c1nc2c(cc1CN)CCCC2. The van der Waals surface area contributed by atoms with Crippen LogP contribution in [-0.4, -0.2) is 29.3 Å². The van der Waals surface area contributed by atoms with Crippen molar-refractivity contribution in [3.05, 3.63) is 22.9 Å². The van der Waals surface area contributed by atoms with Crippen molar-refractivity contribution >= 4 is 5.82 Å². The lowest BCUT2D eigenvalue weighted by Crippen LogP contribution is -2.37. The second-order valence-corrected chi connectivity index (χ2v) is 6.16. The minimum absolute atomic E-state index is 0.492. The lowest BCUT2D eigenvalue weighted by Gasteiger charge is -2.29. The maximum atomic E-state index is 9.95. The van der Waals surface area contributed by atoms with E-state index in [2.05, 4.69) is 6.07 Å². The van der Waals surface area contributed by atoms with Gasteiger partial charge in [0.15, 0.2) is 0 Å². The van der Waals surface area contributed by atoms with E-state index in [1.807, 2.05) is 25.8 Å². The van der Waals surface area contributed by atoms with E-state index in [9.17, 15) is 5.11 Å². The number of aryl methyl sites for hydroxylation is 2. The average Bonchev–Trinajstić information content (AvgIpc) is 2.35. The molecule has 4 nitrogen and oxygen atoms in total. The molecule has 2 rings (SSSR count). The maximum Gasteiger partial charge on any atom is 0.133 e. The monoisotopic (exact) mass is 263 g/mol. The molecule has 0 atom stereocenters. The highest BCUT2D eigenvalue weighted by Gasteiger charge is 2.21. The molecule has 106 valence electrons. The predicted octanol–water partition coefficient (Wildman–Crippen LogP) is 1.63.